The molecule has 0 spiro atoms. The molecule has 3 aromatic rings. The lowest BCUT2D eigenvalue weighted by molar-refractivity contribution is -0.131. The molecule has 1 amide bonds. The molecule has 4 rings (SSSR count). The number of aromatic nitrogens is 1. The fourth-order valence-corrected chi connectivity index (χ4v) is 3.27. The lowest BCUT2D eigenvalue weighted by Crippen LogP contribution is -2.33. The van der Waals surface area contributed by atoms with Crippen LogP contribution >= 0.6 is 0 Å². The number of pyridine rings is 1. The van der Waals surface area contributed by atoms with Crippen LogP contribution in [-0.4, -0.2) is 34.0 Å². The summed E-state index contributed by atoms with van der Waals surface area (Å²) in [5, 5.41) is 9.30. The van der Waals surface area contributed by atoms with Gasteiger partial charge in [0.2, 0.25) is 5.91 Å². The Kier molecular flexibility index (Phi) is 4.93. The van der Waals surface area contributed by atoms with Crippen LogP contribution in [0.1, 0.15) is 11.1 Å². The summed E-state index contributed by atoms with van der Waals surface area (Å²) >= 11 is 0. The molecule has 0 atom stereocenters. The van der Waals surface area contributed by atoms with E-state index in [2.05, 4.69) is 4.98 Å². The van der Waals surface area contributed by atoms with Gasteiger partial charge in [0.25, 0.3) is 0 Å². The van der Waals surface area contributed by atoms with Crippen molar-refractivity contribution in [1.29, 1.82) is 0 Å². The van der Waals surface area contributed by atoms with E-state index in [-0.39, 0.29) is 12.3 Å². The molecule has 5 nitrogen and oxygen atoms in total. The second-order valence-electron chi connectivity index (χ2n) is 6.69. The first-order valence-electron chi connectivity index (χ1n) is 9.01. The number of aromatic hydroxyl groups is 1. The number of hydrogen-bond acceptors (Lipinski definition) is 4. The Labute approximate surface area is 162 Å². The molecule has 0 aliphatic carbocycles. The SMILES string of the molecule is O=C(Cc1ccc(O)c(F)c1)N1CCOc2ccc(-c3cccnc3)cc2C1. The Bertz CT molecular complexity index is 1010. The summed E-state index contributed by atoms with van der Waals surface area (Å²) in [5.41, 5.74) is 3.44. The van der Waals surface area contributed by atoms with E-state index in [9.17, 15) is 14.3 Å². The Hall–Kier alpha value is -3.41. The minimum atomic E-state index is -0.726. The highest BCUT2D eigenvalue weighted by Crippen LogP contribution is 2.29. The van der Waals surface area contributed by atoms with Crippen molar-refractivity contribution in [1.82, 2.24) is 9.88 Å². The highest BCUT2D eigenvalue weighted by atomic mass is 19.1. The molecular formula is C22H19FN2O3. The molecule has 0 saturated carbocycles. The Balaban J connectivity index is 1.55. The average molecular weight is 378 g/mol. The van der Waals surface area contributed by atoms with Gasteiger partial charge in [0.15, 0.2) is 11.6 Å². The largest absolute Gasteiger partial charge is 0.505 e. The number of hydrogen-bond donors (Lipinski definition) is 1. The second-order valence-corrected chi connectivity index (χ2v) is 6.69. The zero-order valence-corrected chi connectivity index (χ0v) is 15.1. The van der Waals surface area contributed by atoms with Crippen LogP contribution in [0, 0.1) is 5.82 Å². The average Bonchev–Trinajstić information content (AvgIpc) is 2.93. The summed E-state index contributed by atoms with van der Waals surface area (Å²) in [5.74, 6) is -0.501. The Morgan fingerprint density at radius 2 is 2.07 bits per heavy atom. The molecule has 142 valence electrons. The summed E-state index contributed by atoms with van der Waals surface area (Å²) in [6.45, 7) is 1.27. The van der Waals surface area contributed by atoms with Crippen molar-refractivity contribution in [2.45, 2.75) is 13.0 Å². The smallest absolute Gasteiger partial charge is 0.227 e. The molecule has 1 aromatic heterocycles. The molecule has 1 N–H and O–H groups in total. The number of fused-ring (bicyclic) bond motifs is 1. The minimum absolute atomic E-state index is 0.0643. The molecule has 0 bridgehead atoms. The first-order chi connectivity index (χ1) is 13.6. The molecule has 0 saturated heterocycles. The van der Waals surface area contributed by atoms with Gasteiger partial charge < -0.3 is 14.7 Å². The normalized spacial score (nSPS) is 13.4. The summed E-state index contributed by atoms with van der Waals surface area (Å²) in [6.07, 6.45) is 3.58. The number of carbonyl (C=O) groups excluding carboxylic acids is 1. The van der Waals surface area contributed by atoms with Crippen molar-refractivity contribution in [2.75, 3.05) is 13.2 Å². The van der Waals surface area contributed by atoms with Crippen LogP contribution in [0.3, 0.4) is 0 Å². The molecule has 0 fully saturated rings. The number of nitrogens with zero attached hydrogens (tertiary/aromatic N) is 2. The molecule has 2 heterocycles. The third-order valence-electron chi connectivity index (χ3n) is 4.76. The zero-order chi connectivity index (χ0) is 19.5. The number of halogens is 1. The first-order valence-corrected chi connectivity index (χ1v) is 9.01. The van der Waals surface area contributed by atoms with Crippen molar-refractivity contribution in [3.8, 4) is 22.6 Å². The van der Waals surface area contributed by atoms with Crippen molar-refractivity contribution in [2.24, 2.45) is 0 Å². The molecule has 0 unspecified atom stereocenters. The standard InChI is InChI=1S/C22H19FN2O3/c23-19-10-15(3-5-20(19)26)11-22(27)25-8-9-28-21-6-4-16(12-18(21)14-25)17-2-1-7-24-13-17/h1-7,10,12-13,26H,8-9,11,14H2. The van der Waals surface area contributed by atoms with E-state index < -0.39 is 11.6 Å². The van der Waals surface area contributed by atoms with Crippen molar-refractivity contribution >= 4 is 5.91 Å². The number of carbonyl (C=O) groups is 1. The van der Waals surface area contributed by atoms with Gasteiger partial charge in [0, 0.05) is 30.1 Å². The lowest BCUT2D eigenvalue weighted by Gasteiger charge is -2.20. The van der Waals surface area contributed by atoms with E-state index in [0.717, 1.165) is 22.4 Å². The number of phenolic OH excluding ortho intramolecular Hbond substituents is 1. The van der Waals surface area contributed by atoms with Crippen molar-refractivity contribution in [3.63, 3.8) is 0 Å². The number of ether oxygens (including phenoxy) is 1. The van der Waals surface area contributed by atoms with E-state index in [1.54, 1.807) is 23.4 Å². The molecule has 6 heteroatoms. The van der Waals surface area contributed by atoms with Crippen LogP contribution in [-0.2, 0) is 17.8 Å². The first kappa shape index (κ1) is 18.0. The third-order valence-corrected chi connectivity index (χ3v) is 4.76. The molecule has 1 aliphatic rings. The summed E-state index contributed by atoms with van der Waals surface area (Å²) in [7, 11) is 0. The van der Waals surface area contributed by atoms with Gasteiger partial charge in [-0.2, -0.15) is 0 Å². The number of benzene rings is 2. The highest BCUT2D eigenvalue weighted by Gasteiger charge is 2.21. The van der Waals surface area contributed by atoms with Crippen LogP contribution < -0.4 is 4.74 Å². The van der Waals surface area contributed by atoms with Gasteiger partial charge >= 0.3 is 0 Å². The quantitative estimate of drug-likeness (QED) is 0.757. The Morgan fingerprint density at radius 1 is 1.18 bits per heavy atom. The Morgan fingerprint density at radius 3 is 2.86 bits per heavy atom. The second kappa shape index (κ2) is 7.68. The van der Waals surface area contributed by atoms with Crippen LogP contribution in [0.15, 0.2) is 60.9 Å². The maximum Gasteiger partial charge on any atom is 0.227 e. The predicted octanol–water partition coefficient (Wildman–Crippen LogP) is 3.56. The minimum Gasteiger partial charge on any atom is -0.505 e. The monoisotopic (exact) mass is 378 g/mol. The number of amides is 1. The van der Waals surface area contributed by atoms with Gasteiger partial charge in [-0.25, -0.2) is 4.39 Å². The van der Waals surface area contributed by atoms with E-state index in [1.807, 2.05) is 30.3 Å². The maximum absolute atomic E-state index is 13.5. The van der Waals surface area contributed by atoms with E-state index in [4.69, 9.17) is 4.74 Å². The van der Waals surface area contributed by atoms with Crippen LogP contribution in [0.2, 0.25) is 0 Å². The fourth-order valence-electron chi connectivity index (χ4n) is 3.27. The molecule has 28 heavy (non-hydrogen) atoms. The number of phenols is 1. The van der Waals surface area contributed by atoms with Crippen LogP contribution in [0.4, 0.5) is 4.39 Å². The molecular weight excluding hydrogens is 359 g/mol. The van der Waals surface area contributed by atoms with Gasteiger partial charge in [-0.1, -0.05) is 18.2 Å². The van der Waals surface area contributed by atoms with Crippen LogP contribution in [0.5, 0.6) is 11.5 Å². The fraction of sp³-hybridized carbons (Fsp3) is 0.182. The van der Waals surface area contributed by atoms with E-state index >= 15 is 0 Å². The van der Waals surface area contributed by atoms with Gasteiger partial charge in [-0.15, -0.1) is 0 Å². The number of rotatable bonds is 3. The predicted molar refractivity (Wildman–Crippen MR) is 102 cm³/mol. The maximum atomic E-state index is 13.5. The van der Waals surface area contributed by atoms with Gasteiger partial charge in [-0.05, 0) is 41.5 Å². The van der Waals surface area contributed by atoms with Crippen molar-refractivity contribution < 1.29 is 19.0 Å². The van der Waals surface area contributed by atoms with Gasteiger partial charge in [0.1, 0.15) is 12.4 Å². The third kappa shape index (κ3) is 3.81. The van der Waals surface area contributed by atoms with E-state index in [0.29, 0.717) is 25.3 Å². The summed E-state index contributed by atoms with van der Waals surface area (Å²) in [6, 6.07) is 13.8. The van der Waals surface area contributed by atoms with Gasteiger partial charge in [0.05, 0.1) is 13.0 Å². The summed E-state index contributed by atoms with van der Waals surface area (Å²) < 4.78 is 19.3. The lowest BCUT2D eigenvalue weighted by atomic mass is 10.0. The molecule has 1 aliphatic heterocycles. The zero-order valence-electron chi connectivity index (χ0n) is 15.1. The van der Waals surface area contributed by atoms with E-state index in [1.165, 1.54) is 12.1 Å². The molecule has 2 aromatic carbocycles. The van der Waals surface area contributed by atoms with Crippen molar-refractivity contribution in [3.05, 3.63) is 77.9 Å². The van der Waals surface area contributed by atoms with Gasteiger partial charge in [-0.3, -0.25) is 9.78 Å². The molecule has 0 radical (unpaired) electrons. The topological polar surface area (TPSA) is 62.7 Å². The van der Waals surface area contributed by atoms with Crippen LogP contribution in [0.25, 0.3) is 11.1 Å². The summed E-state index contributed by atoms with van der Waals surface area (Å²) in [4.78, 5) is 18.6. The highest BCUT2D eigenvalue weighted by molar-refractivity contribution is 5.79.